The minimum absolute atomic E-state index is 0.0105. The van der Waals surface area contributed by atoms with E-state index in [1.54, 1.807) is 4.90 Å². The quantitative estimate of drug-likeness (QED) is 0.639. The van der Waals surface area contributed by atoms with Gasteiger partial charge in [-0.2, -0.15) is 0 Å². The van der Waals surface area contributed by atoms with Gasteiger partial charge in [0.2, 0.25) is 0 Å². The van der Waals surface area contributed by atoms with Crippen LogP contribution in [0.4, 0.5) is 0 Å². The smallest absolute Gasteiger partial charge is 0.253 e. The first-order chi connectivity index (χ1) is 12.2. The van der Waals surface area contributed by atoms with E-state index in [4.69, 9.17) is 9.47 Å². The first-order valence-electron chi connectivity index (χ1n) is 8.78. The van der Waals surface area contributed by atoms with Crippen LogP contribution in [-0.2, 0) is 17.9 Å². The van der Waals surface area contributed by atoms with Crippen molar-refractivity contribution >= 4 is 5.91 Å². The molecule has 2 rings (SSSR count). The number of amides is 1. The molecule has 0 saturated heterocycles. The molecule has 0 fully saturated rings. The first-order valence-corrected chi connectivity index (χ1v) is 8.78. The topological polar surface area (TPSA) is 38.8 Å². The maximum atomic E-state index is 12.7. The van der Waals surface area contributed by atoms with Crippen LogP contribution in [-0.4, -0.2) is 31.1 Å². The molecule has 2 aromatic carbocycles. The lowest BCUT2D eigenvalue weighted by molar-refractivity contribution is 0.0784. The van der Waals surface area contributed by atoms with Crippen molar-refractivity contribution in [2.75, 3.05) is 20.3 Å². The van der Waals surface area contributed by atoms with E-state index in [1.807, 2.05) is 62.5 Å². The molecule has 4 heteroatoms. The van der Waals surface area contributed by atoms with Crippen LogP contribution in [0, 0.1) is 0 Å². The minimum Gasteiger partial charge on any atom is -0.494 e. The summed E-state index contributed by atoms with van der Waals surface area (Å²) in [6, 6.07) is 15.5. The maximum Gasteiger partial charge on any atom is 0.253 e. The molecule has 0 bridgehead atoms. The zero-order valence-electron chi connectivity index (χ0n) is 15.3. The summed E-state index contributed by atoms with van der Waals surface area (Å²) in [6.45, 7) is 6.33. The summed E-state index contributed by atoms with van der Waals surface area (Å²) >= 11 is 0. The van der Waals surface area contributed by atoms with Gasteiger partial charge in [-0.05, 0) is 37.1 Å². The highest BCUT2D eigenvalue weighted by Crippen LogP contribution is 2.22. The standard InChI is InChI=1S/C21H27NO3/c1-4-13-24-16-19-14-18(11-12-20(19)25-5-2)21(23)22(3)15-17-9-7-6-8-10-17/h6-12,14H,4-5,13,15-16H2,1-3H3. The van der Waals surface area contributed by atoms with Gasteiger partial charge in [0.15, 0.2) is 0 Å². The van der Waals surface area contributed by atoms with Crippen LogP contribution in [0.3, 0.4) is 0 Å². The number of benzene rings is 2. The van der Waals surface area contributed by atoms with Crippen LogP contribution >= 0.6 is 0 Å². The number of hydrogen-bond acceptors (Lipinski definition) is 3. The second-order valence-corrected chi connectivity index (χ2v) is 5.95. The molecule has 0 saturated carbocycles. The number of carbonyl (C=O) groups excluding carboxylic acids is 1. The summed E-state index contributed by atoms with van der Waals surface area (Å²) in [5.74, 6) is 0.768. The second kappa shape index (κ2) is 9.84. The van der Waals surface area contributed by atoms with Gasteiger partial charge in [0, 0.05) is 31.3 Å². The van der Waals surface area contributed by atoms with Crippen molar-refractivity contribution in [1.82, 2.24) is 4.90 Å². The Bertz CT molecular complexity index is 670. The highest BCUT2D eigenvalue weighted by atomic mass is 16.5. The van der Waals surface area contributed by atoms with E-state index in [0.717, 1.165) is 23.3 Å². The first kappa shape index (κ1) is 19.0. The Balaban J connectivity index is 2.13. The minimum atomic E-state index is -0.0105. The molecule has 0 atom stereocenters. The molecule has 4 nitrogen and oxygen atoms in total. The van der Waals surface area contributed by atoms with Crippen LogP contribution in [0.1, 0.15) is 41.8 Å². The molecule has 0 spiro atoms. The molecule has 25 heavy (non-hydrogen) atoms. The maximum absolute atomic E-state index is 12.7. The Morgan fingerprint density at radius 3 is 2.52 bits per heavy atom. The Morgan fingerprint density at radius 1 is 1.08 bits per heavy atom. The number of hydrogen-bond donors (Lipinski definition) is 0. The Hall–Kier alpha value is -2.33. The van der Waals surface area contributed by atoms with Crippen molar-refractivity contribution in [2.45, 2.75) is 33.4 Å². The lowest BCUT2D eigenvalue weighted by atomic mass is 10.1. The van der Waals surface area contributed by atoms with Gasteiger partial charge >= 0.3 is 0 Å². The number of rotatable bonds is 9. The summed E-state index contributed by atoms with van der Waals surface area (Å²) < 4.78 is 11.3. The van der Waals surface area contributed by atoms with E-state index >= 15 is 0 Å². The highest BCUT2D eigenvalue weighted by Gasteiger charge is 2.15. The van der Waals surface area contributed by atoms with Crippen molar-refractivity contribution in [3.8, 4) is 5.75 Å². The van der Waals surface area contributed by atoms with Crippen LogP contribution in [0.2, 0.25) is 0 Å². The monoisotopic (exact) mass is 341 g/mol. The van der Waals surface area contributed by atoms with E-state index in [2.05, 4.69) is 6.92 Å². The van der Waals surface area contributed by atoms with Gasteiger partial charge in [-0.1, -0.05) is 37.3 Å². The molecular formula is C21H27NO3. The summed E-state index contributed by atoms with van der Waals surface area (Å²) in [5.41, 5.74) is 2.67. The highest BCUT2D eigenvalue weighted by molar-refractivity contribution is 5.94. The van der Waals surface area contributed by atoms with Gasteiger partial charge < -0.3 is 14.4 Å². The molecule has 0 N–H and O–H groups in total. The van der Waals surface area contributed by atoms with Crippen molar-refractivity contribution in [1.29, 1.82) is 0 Å². The average Bonchev–Trinajstić information content (AvgIpc) is 2.63. The number of nitrogens with zero attached hydrogens (tertiary/aromatic N) is 1. The molecule has 134 valence electrons. The Kier molecular flexibility index (Phi) is 7.48. The van der Waals surface area contributed by atoms with Crippen LogP contribution in [0.5, 0.6) is 5.75 Å². The second-order valence-electron chi connectivity index (χ2n) is 5.95. The van der Waals surface area contributed by atoms with E-state index < -0.39 is 0 Å². The number of carbonyl (C=O) groups is 1. The van der Waals surface area contributed by atoms with Crippen LogP contribution in [0.25, 0.3) is 0 Å². The lowest BCUT2D eigenvalue weighted by Crippen LogP contribution is -2.26. The van der Waals surface area contributed by atoms with Crippen molar-refractivity contribution in [3.05, 3.63) is 65.2 Å². The van der Waals surface area contributed by atoms with Gasteiger partial charge in [-0.3, -0.25) is 4.79 Å². The van der Waals surface area contributed by atoms with Crippen LogP contribution < -0.4 is 4.74 Å². The van der Waals surface area contributed by atoms with Crippen molar-refractivity contribution in [2.24, 2.45) is 0 Å². The van der Waals surface area contributed by atoms with Crippen molar-refractivity contribution < 1.29 is 14.3 Å². The molecule has 0 radical (unpaired) electrons. The fraction of sp³-hybridized carbons (Fsp3) is 0.381. The van der Waals surface area contributed by atoms with Gasteiger partial charge in [0.1, 0.15) is 5.75 Å². The third-order valence-corrected chi connectivity index (χ3v) is 3.82. The summed E-state index contributed by atoms with van der Waals surface area (Å²) in [6.07, 6.45) is 0.961. The molecule has 0 aliphatic carbocycles. The fourth-order valence-corrected chi connectivity index (χ4v) is 2.60. The molecule has 0 heterocycles. The third-order valence-electron chi connectivity index (χ3n) is 3.82. The Labute approximate surface area is 150 Å². The molecule has 1 amide bonds. The molecule has 2 aromatic rings. The third kappa shape index (κ3) is 5.61. The fourth-order valence-electron chi connectivity index (χ4n) is 2.60. The van der Waals surface area contributed by atoms with Gasteiger partial charge in [-0.15, -0.1) is 0 Å². The lowest BCUT2D eigenvalue weighted by Gasteiger charge is -2.19. The molecule has 0 unspecified atom stereocenters. The normalized spacial score (nSPS) is 10.5. The Morgan fingerprint density at radius 2 is 1.84 bits per heavy atom. The van der Waals surface area contributed by atoms with Gasteiger partial charge in [0.25, 0.3) is 5.91 Å². The number of ether oxygens (including phenoxy) is 2. The zero-order chi connectivity index (χ0) is 18.1. The summed E-state index contributed by atoms with van der Waals surface area (Å²) in [4.78, 5) is 14.5. The van der Waals surface area contributed by atoms with Gasteiger partial charge in [0.05, 0.1) is 13.2 Å². The van der Waals surface area contributed by atoms with E-state index in [0.29, 0.717) is 31.9 Å². The SMILES string of the molecule is CCCOCc1cc(C(=O)N(C)Cc2ccccc2)ccc1OCC. The van der Waals surface area contributed by atoms with E-state index in [9.17, 15) is 4.79 Å². The summed E-state index contributed by atoms with van der Waals surface area (Å²) in [7, 11) is 1.82. The molecular weight excluding hydrogens is 314 g/mol. The summed E-state index contributed by atoms with van der Waals surface area (Å²) in [5, 5.41) is 0. The largest absolute Gasteiger partial charge is 0.494 e. The van der Waals surface area contributed by atoms with E-state index in [-0.39, 0.29) is 5.91 Å². The average molecular weight is 341 g/mol. The van der Waals surface area contributed by atoms with Gasteiger partial charge in [-0.25, -0.2) is 0 Å². The van der Waals surface area contributed by atoms with Crippen LogP contribution in [0.15, 0.2) is 48.5 Å². The predicted octanol–water partition coefficient (Wildman–Crippen LogP) is 4.28. The molecule has 0 aliphatic rings. The van der Waals surface area contributed by atoms with E-state index in [1.165, 1.54) is 0 Å². The zero-order valence-corrected chi connectivity index (χ0v) is 15.3. The molecule has 0 aromatic heterocycles. The van der Waals surface area contributed by atoms with Crippen molar-refractivity contribution in [3.63, 3.8) is 0 Å². The molecule has 0 aliphatic heterocycles. The predicted molar refractivity (Wildman–Crippen MR) is 99.8 cm³/mol.